The minimum absolute atomic E-state index is 0.220. The summed E-state index contributed by atoms with van der Waals surface area (Å²) >= 11 is 0. The average Bonchev–Trinajstić information content (AvgIpc) is 2.61. The molecule has 26 heavy (non-hydrogen) atoms. The Morgan fingerprint density at radius 2 is 1.81 bits per heavy atom. The summed E-state index contributed by atoms with van der Waals surface area (Å²) in [5, 5.41) is 28.9. The number of aromatic hydroxyl groups is 2. The zero-order valence-corrected chi connectivity index (χ0v) is 14.9. The molecule has 1 aromatic heterocycles. The zero-order chi connectivity index (χ0) is 18.3. The predicted octanol–water partition coefficient (Wildman–Crippen LogP) is 4.26. The molecule has 2 aromatic carbocycles. The van der Waals surface area contributed by atoms with E-state index in [9.17, 15) is 10.2 Å². The van der Waals surface area contributed by atoms with Crippen molar-refractivity contribution in [2.75, 3.05) is 11.4 Å². The van der Waals surface area contributed by atoms with Crippen molar-refractivity contribution < 1.29 is 10.2 Å². The summed E-state index contributed by atoms with van der Waals surface area (Å²) in [7, 11) is 0. The van der Waals surface area contributed by atoms with E-state index in [1.54, 1.807) is 18.2 Å². The lowest BCUT2D eigenvalue weighted by Crippen LogP contribution is -2.25. The molecule has 2 heterocycles. The maximum absolute atomic E-state index is 10.3. The molecule has 0 radical (unpaired) electrons. The first-order chi connectivity index (χ1) is 12.5. The van der Waals surface area contributed by atoms with Gasteiger partial charge in [0.25, 0.3) is 0 Å². The molecule has 0 spiro atoms. The summed E-state index contributed by atoms with van der Waals surface area (Å²) in [6.45, 7) is 4.75. The van der Waals surface area contributed by atoms with Gasteiger partial charge in [0, 0.05) is 23.9 Å². The van der Waals surface area contributed by atoms with Gasteiger partial charge in [0.15, 0.2) is 5.82 Å². The van der Waals surface area contributed by atoms with Crippen molar-refractivity contribution in [3.8, 4) is 22.8 Å². The minimum atomic E-state index is 0.220. The highest BCUT2D eigenvalue weighted by Gasteiger charge is 2.20. The highest BCUT2D eigenvalue weighted by molar-refractivity contribution is 5.72. The molecule has 0 unspecified atom stereocenters. The first-order valence-corrected chi connectivity index (χ1v) is 8.76. The molecule has 3 aromatic rings. The second-order valence-electron chi connectivity index (χ2n) is 6.82. The van der Waals surface area contributed by atoms with Crippen LogP contribution in [0.2, 0.25) is 0 Å². The largest absolute Gasteiger partial charge is 0.508 e. The van der Waals surface area contributed by atoms with Crippen molar-refractivity contribution in [1.82, 2.24) is 10.2 Å². The third kappa shape index (κ3) is 2.86. The standard InChI is InChI=1S/C21H21N3O2/c1-13-10-14(2)21(19(26)11-13)17-7-8-20(23-22-17)24-9-3-4-15-5-6-16(25)12-18(15)24/h5-8,10-12,25-26H,3-4,9H2,1-2H3. The van der Waals surface area contributed by atoms with Crippen molar-refractivity contribution in [2.45, 2.75) is 26.7 Å². The van der Waals surface area contributed by atoms with Crippen LogP contribution in [0.1, 0.15) is 23.1 Å². The van der Waals surface area contributed by atoms with Gasteiger partial charge in [-0.25, -0.2) is 0 Å². The minimum Gasteiger partial charge on any atom is -0.508 e. The Labute approximate surface area is 152 Å². The molecule has 5 nitrogen and oxygen atoms in total. The van der Waals surface area contributed by atoms with E-state index in [-0.39, 0.29) is 11.5 Å². The Morgan fingerprint density at radius 1 is 0.962 bits per heavy atom. The van der Waals surface area contributed by atoms with Crippen LogP contribution in [0.5, 0.6) is 11.5 Å². The van der Waals surface area contributed by atoms with Crippen LogP contribution in [0.4, 0.5) is 11.5 Å². The quantitative estimate of drug-likeness (QED) is 0.725. The van der Waals surface area contributed by atoms with Gasteiger partial charge in [-0.3, -0.25) is 0 Å². The Morgan fingerprint density at radius 3 is 2.54 bits per heavy atom. The molecule has 1 aliphatic rings. The van der Waals surface area contributed by atoms with Crippen LogP contribution in [-0.2, 0) is 6.42 Å². The second kappa shape index (κ2) is 6.33. The van der Waals surface area contributed by atoms with Crippen LogP contribution in [0, 0.1) is 13.8 Å². The maximum atomic E-state index is 10.3. The lowest BCUT2D eigenvalue weighted by molar-refractivity contribution is 0.474. The third-order valence-electron chi connectivity index (χ3n) is 4.83. The summed E-state index contributed by atoms with van der Waals surface area (Å²) in [6.07, 6.45) is 2.02. The van der Waals surface area contributed by atoms with Gasteiger partial charge in [-0.15, -0.1) is 10.2 Å². The van der Waals surface area contributed by atoms with Crippen molar-refractivity contribution in [2.24, 2.45) is 0 Å². The van der Waals surface area contributed by atoms with Crippen LogP contribution in [-0.4, -0.2) is 27.0 Å². The van der Waals surface area contributed by atoms with Gasteiger partial charge in [0.1, 0.15) is 11.5 Å². The Hall–Kier alpha value is -3.08. The Balaban J connectivity index is 1.71. The van der Waals surface area contributed by atoms with Crippen LogP contribution in [0.25, 0.3) is 11.3 Å². The second-order valence-corrected chi connectivity index (χ2v) is 6.82. The number of phenols is 2. The van der Waals surface area contributed by atoms with E-state index >= 15 is 0 Å². The fourth-order valence-electron chi connectivity index (χ4n) is 3.68. The van der Waals surface area contributed by atoms with Crippen molar-refractivity contribution >= 4 is 11.5 Å². The molecule has 1 aliphatic heterocycles. The predicted molar refractivity (Wildman–Crippen MR) is 102 cm³/mol. The van der Waals surface area contributed by atoms with E-state index in [0.717, 1.165) is 42.0 Å². The van der Waals surface area contributed by atoms with Crippen LogP contribution < -0.4 is 4.90 Å². The molecule has 0 aliphatic carbocycles. The number of hydrogen-bond acceptors (Lipinski definition) is 5. The monoisotopic (exact) mass is 347 g/mol. The topological polar surface area (TPSA) is 69.5 Å². The van der Waals surface area contributed by atoms with Gasteiger partial charge < -0.3 is 15.1 Å². The van der Waals surface area contributed by atoms with Crippen LogP contribution in [0.3, 0.4) is 0 Å². The van der Waals surface area contributed by atoms with Crippen molar-refractivity contribution in [3.63, 3.8) is 0 Å². The first-order valence-electron chi connectivity index (χ1n) is 8.76. The SMILES string of the molecule is Cc1cc(C)c(-c2ccc(N3CCCc4ccc(O)cc43)nn2)c(O)c1. The number of benzene rings is 2. The molecule has 0 saturated heterocycles. The number of phenolic OH excluding ortho intramolecular Hbond substituents is 2. The molecule has 0 atom stereocenters. The van der Waals surface area contributed by atoms with Gasteiger partial charge in [0.05, 0.1) is 5.69 Å². The van der Waals surface area contributed by atoms with Crippen molar-refractivity contribution in [1.29, 1.82) is 0 Å². The highest BCUT2D eigenvalue weighted by atomic mass is 16.3. The Bertz CT molecular complexity index is 944. The summed E-state index contributed by atoms with van der Waals surface area (Å²) in [5.41, 5.74) is 5.53. The number of anilines is 2. The van der Waals surface area contributed by atoms with E-state index in [4.69, 9.17) is 0 Å². The number of fused-ring (bicyclic) bond motifs is 1. The Kier molecular flexibility index (Phi) is 3.99. The summed E-state index contributed by atoms with van der Waals surface area (Å²) in [6, 6.07) is 13.0. The first kappa shape index (κ1) is 16.4. The lowest BCUT2D eigenvalue weighted by atomic mass is 10.0. The van der Waals surface area contributed by atoms with Gasteiger partial charge in [0.2, 0.25) is 0 Å². The fourth-order valence-corrected chi connectivity index (χ4v) is 3.68. The maximum Gasteiger partial charge on any atom is 0.155 e. The van der Waals surface area contributed by atoms with E-state index in [1.165, 1.54) is 5.56 Å². The molecule has 0 fully saturated rings. The van der Waals surface area contributed by atoms with Gasteiger partial charge >= 0.3 is 0 Å². The molecule has 0 saturated carbocycles. The van der Waals surface area contributed by atoms with Gasteiger partial charge in [-0.1, -0.05) is 12.1 Å². The normalized spacial score (nSPS) is 13.5. The van der Waals surface area contributed by atoms with Gasteiger partial charge in [-0.05, 0) is 67.6 Å². The number of aryl methyl sites for hydroxylation is 3. The van der Waals surface area contributed by atoms with E-state index < -0.39 is 0 Å². The molecular weight excluding hydrogens is 326 g/mol. The smallest absolute Gasteiger partial charge is 0.155 e. The number of aromatic nitrogens is 2. The third-order valence-corrected chi connectivity index (χ3v) is 4.83. The van der Waals surface area contributed by atoms with Crippen LogP contribution in [0.15, 0.2) is 42.5 Å². The fraction of sp³-hybridized carbons (Fsp3) is 0.238. The number of hydrogen-bond donors (Lipinski definition) is 2. The number of rotatable bonds is 2. The molecule has 0 bridgehead atoms. The number of nitrogens with zero attached hydrogens (tertiary/aromatic N) is 3. The molecule has 0 amide bonds. The van der Waals surface area contributed by atoms with Crippen LogP contribution >= 0.6 is 0 Å². The zero-order valence-electron chi connectivity index (χ0n) is 14.9. The summed E-state index contributed by atoms with van der Waals surface area (Å²) in [4.78, 5) is 2.08. The molecular formula is C21H21N3O2. The lowest BCUT2D eigenvalue weighted by Gasteiger charge is -2.30. The van der Waals surface area contributed by atoms with E-state index in [1.807, 2.05) is 38.1 Å². The highest BCUT2D eigenvalue weighted by Crippen LogP contribution is 2.36. The summed E-state index contributed by atoms with van der Waals surface area (Å²) < 4.78 is 0. The van der Waals surface area contributed by atoms with Crippen molar-refractivity contribution in [3.05, 3.63) is 59.2 Å². The van der Waals surface area contributed by atoms with Gasteiger partial charge in [-0.2, -0.15) is 0 Å². The summed E-state index contributed by atoms with van der Waals surface area (Å²) in [5.74, 6) is 1.21. The molecule has 5 heteroatoms. The van der Waals surface area contributed by atoms with E-state index in [2.05, 4.69) is 15.1 Å². The molecule has 2 N–H and O–H groups in total. The molecule has 132 valence electrons. The average molecular weight is 347 g/mol. The van der Waals surface area contributed by atoms with E-state index in [0.29, 0.717) is 11.3 Å². The molecule has 4 rings (SSSR count).